The fraction of sp³-hybridized carbons (Fsp3) is 0.423. The molecule has 3 aliphatic rings. The molecule has 5 heterocycles. The number of aryl methyl sites for hydroxylation is 1. The van der Waals surface area contributed by atoms with Crippen molar-refractivity contribution in [2.24, 2.45) is 0 Å². The molecule has 1 fully saturated rings. The third kappa shape index (κ3) is 3.84. The number of nitrogens with zero attached hydrogens (tertiary/aromatic N) is 5. The number of H-pyrrole nitrogens is 1. The van der Waals surface area contributed by atoms with Gasteiger partial charge in [0, 0.05) is 73.3 Å². The second-order valence-corrected chi connectivity index (χ2v) is 9.70. The highest BCUT2D eigenvalue weighted by atomic mass is 19.3. The van der Waals surface area contributed by atoms with Gasteiger partial charge in [0.1, 0.15) is 0 Å². The average molecular weight is 494 g/mol. The minimum atomic E-state index is -2.62. The molecule has 1 saturated heterocycles. The summed E-state index contributed by atoms with van der Waals surface area (Å²) in [6, 6.07) is 3.52. The topological polar surface area (TPSA) is 82.1 Å². The number of carbonyl (C=O) groups is 1. The first-order valence-corrected chi connectivity index (χ1v) is 12.5. The Balaban J connectivity index is 1.47. The van der Waals surface area contributed by atoms with Gasteiger partial charge in [-0.25, -0.2) is 8.78 Å². The molecule has 1 atom stereocenters. The molecule has 0 radical (unpaired) electrons. The highest BCUT2D eigenvalue weighted by Gasteiger charge is 2.33. The number of amides is 1. The third-order valence-electron chi connectivity index (χ3n) is 7.59. The molecular weight excluding hydrogens is 464 g/mol. The van der Waals surface area contributed by atoms with E-state index in [2.05, 4.69) is 31.9 Å². The molecule has 0 aliphatic carbocycles. The molecular formula is C26H29F2N7O. The van der Waals surface area contributed by atoms with E-state index in [1.165, 1.54) is 0 Å². The molecule has 6 rings (SSSR count). The molecule has 2 N–H and O–H groups in total. The standard InChI is InChI=1S/C26H29F2N7O/c1-2-33-9-6-22-21(15-33)26(32-35(22)18-5-7-29-24(36)11-18)34-8-3-4-16-10-19(17-13-30-31-14-17)20(25(27)28)12-23(16)34/h2,10,12-14,18,25H,1,3-9,11,15H2,(H,29,36)(H,30,31). The number of fused-ring (bicyclic) bond motifs is 2. The van der Waals surface area contributed by atoms with Crippen molar-refractivity contribution >= 4 is 17.4 Å². The Morgan fingerprint density at radius 3 is 2.86 bits per heavy atom. The van der Waals surface area contributed by atoms with Crippen LogP contribution < -0.4 is 10.2 Å². The summed E-state index contributed by atoms with van der Waals surface area (Å²) in [5.74, 6) is 0.844. The van der Waals surface area contributed by atoms with Crippen LogP contribution in [0, 0.1) is 0 Å². The average Bonchev–Trinajstić information content (AvgIpc) is 3.56. The van der Waals surface area contributed by atoms with E-state index < -0.39 is 6.43 Å². The van der Waals surface area contributed by atoms with E-state index in [1.807, 2.05) is 16.9 Å². The molecule has 10 heteroatoms. The molecule has 2 aromatic heterocycles. The molecule has 1 aromatic carbocycles. The Hall–Kier alpha value is -3.69. The Morgan fingerprint density at radius 2 is 2.11 bits per heavy atom. The van der Waals surface area contributed by atoms with Crippen LogP contribution in [0.4, 0.5) is 20.3 Å². The Kier molecular flexibility index (Phi) is 5.73. The summed E-state index contributed by atoms with van der Waals surface area (Å²) in [6.07, 6.45) is 6.18. The number of aromatic nitrogens is 4. The van der Waals surface area contributed by atoms with Crippen LogP contribution in [0.25, 0.3) is 11.1 Å². The first-order valence-electron chi connectivity index (χ1n) is 12.5. The van der Waals surface area contributed by atoms with Crippen molar-refractivity contribution in [3.05, 3.63) is 59.7 Å². The predicted octanol–water partition coefficient (Wildman–Crippen LogP) is 4.25. The van der Waals surface area contributed by atoms with Crippen molar-refractivity contribution in [2.75, 3.05) is 24.5 Å². The Morgan fingerprint density at radius 1 is 1.22 bits per heavy atom. The summed E-state index contributed by atoms with van der Waals surface area (Å²) in [6.45, 7) is 6.77. The predicted molar refractivity (Wildman–Crippen MR) is 132 cm³/mol. The number of carbonyl (C=O) groups excluding carboxylic acids is 1. The van der Waals surface area contributed by atoms with Crippen LogP contribution in [0.5, 0.6) is 0 Å². The van der Waals surface area contributed by atoms with Gasteiger partial charge in [-0.2, -0.15) is 10.2 Å². The van der Waals surface area contributed by atoms with Gasteiger partial charge >= 0.3 is 0 Å². The van der Waals surface area contributed by atoms with Gasteiger partial charge in [0.25, 0.3) is 6.43 Å². The molecule has 0 spiro atoms. The normalized spacial score (nSPS) is 19.8. The number of halogens is 2. The first kappa shape index (κ1) is 22.8. The number of nitrogens with one attached hydrogen (secondary N) is 2. The maximum Gasteiger partial charge on any atom is 0.264 e. The summed E-state index contributed by atoms with van der Waals surface area (Å²) >= 11 is 0. The highest BCUT2D eigenvalue weighted by molar-refractivity contribution is 5.78. The van der Waals surface area contributed by atoms with Crippen LogP contribution in [0.2, 0.25) is 0 Å². The van der Waals surface area contributed by atoms with Crippen LogP contribution in [-0.2, 0) is 24.2 Å². The van der Waals surface area contributed by atoms with Gasteiger partial charge in [0.05, 0.1) is 12.2 Å². The van der Waals surface area contributed by atoms with Gasteiger partial charge in [-0.3, -0.25) is 14.6 Å². The van der Waals surface area contributed by atoms with Crippen molar-refractivity contribution in [1.82, 2.24) is 30.2 Å². The SMILES string of the molecule is C=CN1CCc2c(c(N3CCCc4cc(-c5cn[nH]c5)c(C(F)F)cc43)nn2C2CCNC(=O)C2)C1. The minimum Gasteiger partial charge on any atom is -0.373 e. The van der Waals surface area contributed by atoms with Crippen LogP contribution >= 0.6 is 0 Å². The number of hydrogen-bond donors (Lipinski definition) is 2. The van der Waals surface area contributed by atoms with E-state index in [0.29, 0.717) is 37.2 Å². The molecule has 1 amide bonds. The van der Waals surface area contributed by atoms with Gasteiger partial charge in [-0.05, 0) is 48.7 Å². The lowest BCUT2D eigenvalue weighted by Gasteiger charge is -2.33. The molecule has 1 unspecified atom stereocenters. The smallest absolute Gasteiger partial charge is 0.264 e. The molecule has 3 aliphatic heterocycles. The number of piperidine rings is 1. The molecule has 8 nitrogen and oxygen atoms in total. The number of anilines is 2. The van der Waals surface area contributed by atoms with Crippen molar-refractivity contribution in [3.8, 4) is 11.1 Å². The van der Waals surface area contributed by atoms with Crippen LogP contribution in [0.15, 0.2) is 37.3 Å². The zero-order valence-electron chi connectivity index (χ0n) is 20.0. The van der Waals surface area contributed by atoms with Gasteiger partial charge in [-0.1, -0.05) is 6.58 Å². The van der Waals surface area contributed by atoms with E-state index in [-0.39, 0.29) is 17.5 Å². The molecule has 3 aromatic rings. The number of hydrogen-bond acceptors (Lipinski definition) is 5. The number of benzene rings is 1. The van der Waals surface area contributed by atoms with Crippen LogP contribution in [-0.4, -0.2) is 50.4 Å². The number of rotatable bonds is 5. The van der Waals surface area contributed by atoms with Crippen LogP contribution in [0.1, 0.15) is 54.1 Å². The third-order valence-corrected chi connectivity index (χ3v) is 7.59. The fourth-order valence-corrected chi connectivity index (χ4v) is 5.80. The van der Waals surface area contributed by atoms with Crippen molar-refractivity contribution < 1.29 is 13.6 Å². The van der Waals surface area contributed by atoms with Crippen molar-refractivity contribution in [3.63, 3.8) is 0 Å². The quantitative estimate of drug-likeness (QED) is 0.556. The van der Waals surface area contributed by atoms with Gasteiger partial charge < -0.3 is 15.1 Å². The highest BCUT2D eigenvalue weighted by Crippen LogP contribution is 2.43. The first-order chi connectivity index (χ1) is 17.5. The van der Waals surface area contributed by atoms with E-state index >= 15 is 0 Å². The summed E-state index contributed by atoms with van der Waals surface area (Å²) in [5.41, 5.74) is 5.21. The van der Waals surface area contributed by atoms with Crippen molar-refractivity contribution in [1.29, 1.82) is 0 Å². The molecule has 0 saturated carbocycles. The summed E-state index contributed by atoms with van der Waals surface area (Å²) in [5, 5.41) is 14.7. The monoisotopic (exact) mass is 493 g/mol. The lowest BCUT2D eigenvalue weighted by molar-refractivity contribution is -0.123. The number of aromatic amines is 1. The minimum absolute atomic E-state index is 0.000819. The summed E-state index contributed by atoms with van der Waals surface area (Å²) < 4.78 is 30.5. The zero-order valence-corrected chi connectivity index (χ0v) is 20.0. The molecule has 188 valence electrons. The largest absolute Gasteiger partial charge is 0.373 e. The van der Waals surface area contributed by atoms with Gasteiger partial charge in [-0.15, -0.1) is 0 Å². The van der Waals surface area contributed by atoms with E-state index in [0.717, 1.165) is 60.6 Å². The van der Waals surface area contributed by atoms with E-state index in [9.17, 15) is 13.6 Å². The second kappa shape index (κ2) is 9.07. The zero-order chi connectivity index (χ0) is 24.8. The Bertz CT molecular complexity index is 1300. The summed E-state index contributed by atoms with van der Waals surface area (Å²) in [7, 11) is 0. The van der Waals surface area contributed by atoms with E-state index in [1.54, 1.807) is 18.5 Å². The van der Waals surface area contributed by atoms with Gasteiger partial charge in [0.2, 0.25) is 5.91 Å². The Labute approximate surface area is 208 Å². The fourth-order valence-electron chi connectivity index (χ4n) is 5.80. The summed E-state index contributed by atoms with van der Waals surface area (Å²) in [4.78, 5) is 16.4. The second-order valence-electron chi connectivity index (χ2n) is 9.70. The van der Waals surface area contributed by atoms with E-state index in [4.69, 9.17) is 5.10 Å². The lowest BCUT2D eigenvalue weighted by atomic mass is 9.93. The lowest BCUT2D eigenvalue weighted by Crippen LogP contribution is -2.36. The van der Waals surface area contributed by atoms with Gasteiger partial charge in [0.15, 0.2) is 5.82 Å². The molecule has 0 bridgehead atoms. The molecule has 36 heavy (non-hydrogen) atoms. The van der Waals surface area contributed by atoms with Crippen molar-refractivity contribution in [2.45, 2.75) is 51.1 Å². The maximum atomic E-state index is 14.2. The van der Waals surface area contributed by atoms with Crippen LogP contribution in [0.3, 0.4) is 0 Å². The maximum absolute atomic E-state index is 14.2. The number of alkyl halides is 2.